The van der Waals surface area contributed by atoms with Crippen LogP contribution in [0.15, 0.2) is 127 Å². The van der Waals surface area contributed by atoms with Crippen molar-refractivity contribution in [1.29, 1.82) is 0 Å². The van der Waals surface area contributed by atoms with Crippen molar-refractivity contribution < 1.29 is 0 Å². The van der Waals surface area contributed by atoms with Crippen LogP contribution < -0.4 is 0 Å². The summed E-state index contributed by atoms with van der Waals surface area (Å²) in [7, 11) is 0. The maximum Gasteiger partial charge on any atom is 0.0546 e. The van der Waals surface area contributed by atoms with E-state index in [0.717, 1.165) is 0 Å². The molecule has 1 nitrogen and oxygen atoms in total. The highest BCUT2D eigenvalue weighted by Crippen LogP contribution is 2.37. The molecule has 0 amide bonds. The number of rotatable bonds is 3. The van der Waals surface area contributed by atoms with E-state index in [1.165, 1.54) is 49.7 Å². The van der Waals surface area contributed by atoms with Gasteiger partial charge in [0.05, 0.1) is 16.9 Å². The lowest BCUT2D eigenvalue weighted by molar-refractivity contribution is 1.15. The molecule has 0 fully saturated rings. The third kappa shape index (κ3) is 3.03. The average molecular weight is 396 g/mol. The van der Waals surface area contributed by atoms with Crippen LogP contribution in [0.5, 0.6) is 0 Å². The number of nitrogens with zero attached hydrogens (tertiary/aromatic N) is 1. The molecule has 146 valence electrons. The first-order chi connectivity index (χ1) is 15.4. The van der Waals surface area contributed by atoms with E-state index in [-0.39, 0.29) is 0 Å². The number of benzene rings is 5. The molecule has 0 saturated heterocycles. The van der Waals surface area contributed by atoms with E-state index in [4.69, 9.17) is 0 Å². The molecule has 1 aromatic heterocycles. The van der Waals surface area contributed by atoms with Crippen molar-refractivity contribution in [2.75, 3.05) is 0 Å². The van der Waals surface area contributed by atoms with E-state index < -0.39 is 0 Å². The second-order valence-electron chi connectivity index (χ2n) is 7.87. The van der Waals surface area contributed by atoms with Crippen LogP contribution in [0.25, 0.3) is 49.7 Å². The third-order valence-corrected chi connectivity index (χ3v) is 5.97. The zero-order valence-electron chi connectivity index (χ0n) is 17.1. The molecule has 6 aromatic rings. The lowest BCUT2D eigenvalue weighted by atomic mass is 9.99. The quantitative estimate of drug-likeness (QED) is 0.285. The largest absolute Gasteiger partial charge is 0.309 e. The molecule has 0 unspecified atom stereocenters. The Morgan fingerprint density at radius 3 is 1.81 bits per heavy atom. The standard InChI is InChI=1S/C30H21N/c1-3-11-22(12-4-1)26-19-24-15-7-9-17-27(24)30(21-26)31-28-18-10-8-16-25(28)20-29(31)23-13-5-2-6-14-23/h1-21H. The summed E-state index contributed by atoms with van der Waals surface area (Å²) >= 11 is 0. The highest BCUT2D eigenvalue weighted by atomic mass is 15.0. The fraction of sp³-hybridized carbons (Fsp3) is 0. The number of hydrogen-bond acceptors (Lipinski definition) is 0. The molecule has 0 aliphatic heterocycles. The summed E-state index contributed by atoms with van der Waals surface area (Å²) in [6, 6.07) is 45.5. The predicted molar refractivity (Wildman–Crippen MR) is 132 cm³/mol. The van der Waals surface area contributed by atoms with Crippen LogP contribution >= 0.6 is 0 Å². The monoisotopic (exact) mass is 395 g/mol. The third-order valence-electron chi connectivity index (χ3n) is 5.97. The highest BCUT2D eigenvalue weighted by Gasteiger charge is 2.15. The zero-order valence-corrected chi connectivity index (χ0v) is 17.1. The van der Waals surface area contributed by atoms with Gasteiger partial charge in [-0.1, -0.05) is 103 Å². The Labute approximate surface area is 181 Å². The van der Waals surface area contributed by atoms with Crippen molar-refractivity contribution >= 4 is 21.7 Å². The van der Waals surface area contributed by atoms with Gasteiger partial charge in [0.25, 0.3) is 0 Å². The van der Waals surface area contributed by atoms with Crippen molar-refractivity contribution in [1.82, 2.24) is 4.57 Å². The fourth-order valence-corrected chi connectivity index (χ4v) is 4.51. The van der Waals surface area contributed by atoms with E-state index in [1.54, 1.807) is 0 Å². The predicted octanol–water partition coefficient (Wildman–Crippen LogP) is 8.12. The molecule has 1 heteroatoms. The lowest BCUT2D eigenvalue weighted by Gasteiger charge is -2.16. The number of para-hydroxylation sites is 1. The van der Waals surface area contributed by atoms with Crippen molar-refractivity contribution in [3.05, 3.63) is 127 Å². The molecular weight excluding hydrogens is 374 g/mol. The molecular formula is C30H21N. The summed E-state index contributed by atoms with van der Waals surface area (Å²) in [4.78, 5) is 0. The van der Waals surface area contributed by atoms with Crippen LogP contribution in [-0.4, -0.2) is 4.57 Å². The number of hydrogen-bond donors (Lipinski definition) is 0. The molecule has 0 atom stereocenters. The number of fused-ring (bicyclic) bond motifs is 2. The zero-order chi connectivity index (χ0) is 20.6. The van der Waals surface area contributed by atoms with Crippen LogP contribution in [-0.2, 0) is 0 Å². The summed E-state index contributed by atoms with van der Waals surface area (Å²) in [5.41, 5.74) is 7.30. The van der Waals surface area contributed by atoms with Crippen molar-refractivity contribution in [2.24, 2.45) is 0 Å². The normalized spacial score (nSPS) is 11.2. The van der Waals surface area contributed by atoms with Crippen LogP contribution in [0.1, 0.15) is 0 Å². The van der Waals surface area contributed by atoms with Gasteiger partial charge in [0.15, 0.2) is 0 Å². The first kappa shape index (κ1) is 17.7. The van der Waals surface area contributed by atoms with Gasteiger partial charge in [0, 0.05) is 10.8 Å². The molecule has 6 rings (SSSR count). The van der Waals surface area contributed by atoms with Crippen molar-refractivity contribution in [2.45, 2.75) is 0 Å². The maximum absolute atomic E-state index is 2.42. The highest BCUT2D eigenvalue weighted by molar-refractivity contribution is 5.98. The van der Waals surface area contributed by atoms with E-state index in [0.29, 0.717) is 0 Å². The minimum absolute atomic E-state index is 1.21. The Morgan fingerprint density at radius 1 is 0.419 bits per heavy atom. The Morgan fingerprint density at radius 2 is 1.03 bits per heavy atom. The van der Waals surface area contributed by atoms with Gasteiger partial charge in [-0.2, -0.15) is 0 Å². The average Bonchev–Trinajstić information content (AvgIpc) is 3.24. The topological polar surface area (TPSA) is 4.93 Å². The second kappa shape index (κ2) is 7.30. The van der Waals surface area contributed by atoms with E-state index >= 15 is 0 Å². The lowest BCUT2D eigenvalue weighted by Crippen LogP contribution is -1.99. The Balaban J connectivity index is 1.73. The summed E-state index contributed by atoms with van der Waals surface area (Å²) < 4.78 is 2.42. The first-order valence-electron chi connectivity index (χ1n) is 10.6. The Hall–Kier alpha value is -4.10. The summed E-state index contributed by atoms with van der Waals surface area (Å²) in [6.45, 7) is 0. The van der Waals surface area contributed by atoms with Crippen molar-refractivity contribution in [3.8, 4) is 28.1 Å². The molecule has 5 aromatic carbocycles. The van der Waals surface area contributed by atoms with Crippen molar-refractivity contribution in [3.63, 3.8) is 0 Å². The Bertz CT molecular complexity index is 1510. The summed E-state index contributed by atoms with van der Waals surface area (Å²) in [5.74, 6) is 0. The molecule has 0 spiro atoms. The molecule has 31 heavy (non-hydrogen) atoms. The van der Waals surface area contributed by atoms with Gasteiger partial charge in [0.1, 0.15) is 0 Å². The van der Waals surface area contributed by atoms with Crippen LogP contribution in [0.3, 0.4) is 0 Å². The maximum atomic E-state index is 2.42. The minimum atomic E-state index is 1.21. The molecule has 0 aliphatic rings. The van der Waals surface area contributed by atoms with Gasteiger partial charge in [-0.25, -0.2) is 0 Å². The fourth-order valence-electron chi connectivity index (χ4n) is 4.51. The molecule has 0 bridgehead atoms. The Kier molecular flexibility index (Phi) is 4.18. The van der Waals surface area contributed by atoms with Crippen LogP contribution in [0.2, 0.25) is 0 Å². The summed E-state index contributed by atoms with van der Waals surface area (Å²) in [6.07, 6.45) is 0. The summed E-state index contributed by atoms with van der Waals surface area (Å²) in [5, 5.41) is 3.74. The van der Waals surface area contributed by atoms with Gasteiger partial charge in [-0.15, -0.1) is 0 Å². The molecule has 1 heterocycles. The molecule has 0 saturated carbocycles. The first-order valence-corrected chi connectivity index (χ1v) is 10.6. The second-order valence-corrected chi connectivity index (χ2v) is 7.87. The smallest absolute Gasteiger partial charge is 0.0546 e. The van der Waals surface area contributed by atoms with Gasteiger partial charge >= 0.3 is 0 Å². The molecule has 0 N–H and O–H groups in total. The van der Waals surface area contributed by atoms with Crippen LogP contribution in [0, 0.1) is 0 Å². The van der Waals surface area contributed by atoms with Crippen LogP contribution in [0.4, 0.5) is 0 Å². The van der Waals surface area contributed by atoms with E-state index in [1.807, 2.05) is 0 Å². The van der Waals surface area contributed by atoms with E-state index in [9.17, 15) is 0 Å². The minimum Gasteiger partial charge on any atom is -0.309 e. The SMILES string of the molecule is c1ccc(-c2cc(-n3c(-c4ccccc4)cc4ccccc43)c3ccccc3c2)cc1. The molecule has 0 radical (unpaired) electrons. The van der Waals surface area contributed by atoms with E-state index in [2.05, 4.69) is 132 Å². The molecule has 0 aliphatic carbocycles. The number of aromatic nitrogens is 1. The van der Waals surface area contributed by atoms with Gasteiger partial charge < -0.3 is 4.57 Å². The van der Waals surface area contributed by atoms with Gasteiger partial charge in [-0.05, 0) is 46.3 Å². The van der Waals surface area contributed by atoms with Gasteiger partial charge in [0.2, 0.25) is 0 Å². The van der Waals surface area contributed by atoms with Gasteiger partial charge in [-0.3, -0.25) is 0 Å².